The first-order chi connectivity index (χ1) is 10.2. The summed E-state index contributed by atoms with van der Waals surface area (Å²) < 4.78 is 12.7. The van der Waals surface area contributed by atoms with Crippen LogP contribution >= 0.6 is 34.2 Å². The van der Waals surface area contributed by atoms with Crippen molar-refractivity contribution in [1.29, 1.82) is 0 Å². The van der Waals surface area contributed by atoms with Gasteiger partial charge in [-0.3, -0.25) is 4.90 Å². The van der Waals surface area contributed by atoms with Gasteiger partial charge in [-0.05, 0) is 59.1 Å². The lowest BCUT2D eigenvalue weighted by molar-refractivity contribution is -0.155. The number of hydrogen-bond acceptors (Lipinski definition) is 4. The molecule has 0 aromatic heterocycles. The van der Waals surface area contributed by atoms with E-state index >= 15 is 0 Å². The lowest BCUT2D eigenvalue weighted by Gasteiger charge is -2.39. The highest BCUT2D eigenvalue weighted by atomic mass is 127. The maximum absolute atomic E-state index is 10.8. The van der Waals surface area contributed by atoms with Gasteiger partial charge in [-0.1, -0.05) is 31.5 Å². The Bertz CT molecular complexity index is 455. The SMILES string of the molecule is C=C(I)CN(CCCC)[C@H]1C=C(Cl)[C@H]2OC(C)(C)O[C@H]2[C@@H]1O. The molecule has 2 rings (SSSR count). The van der Waals surface area contributed by atoms with Crippen molar-refractivity contribution in [2.75, 3.05) is 13.1 Å². The second-order valence-electron chi connectivity index (χ2n) is 6.39. The summed E-state index contributed by atoms with van der Waals surface area (Å²) in [6.45, 7) is 11.5. The minimum absolute atomic E-state index is 0.177. The molecule has 0 spiro atoms. The Morgan fingerprint density at radius 2 is 2.18 bits per heavy atom. The summed E-state index contributed by atoms with van der Waals surface area (Å²) in [6, 6.07) is -0.177. The van der Waals surface area contributed by atoms with E-state index in [-0.39, 0.29) is 12.1 Å². The quantitative estimate of drug-likeness (QED) is 0.641. The standard InChI is InChI=1S/C16H25ClINO3/c1-5-6-7-19(9-10(2)18)12-8-11(17)14-15(13(12)20)22-16(3,4)21-14/h8,12-15,20H,2,5-7,9H2,1,3-4H3/t12-,13+,14+,15-/m0/s1. The third-order valence-electron chi connectivity index (χ3n) is 4.01. The van der Waals surface area contributed by atoms with E-state index in [0.29, 0.717) is 5.03 Å². The van der Waals surface area contributed by atoms with Crippen LogP contribution in [0.4, 0.5) is 0 Å². The molecule has 1 aliphatic carbocycles. The maximum atomic E-state index is 10.8. The zero-order chi connectivity index (χ0) is 16.5. The van der Waals surface area contributed by atoms with Crippen molar-refractivity contribution in [3.8, 4) is 0 Å². The summed E-state index contributed by atoms with van der Waals surface area (Å²) >= 11 is 8.64. The van der Waals surface area contributed by atoms with Crippen LogP contribution in [-0.4, -0.2) is 53.2 Å². The van der Waals surface area contributed by atoms with Gasteiger partial charge in [-0.15, -0.1) is 0 Å². The smallest absolute Gasteiger partial charge is 0.164 e. The van der Waals surface area contributed by atoms with Crippen molar-refractivity contribution in [3.63, 3.8) is 0 Å². The molecule has 126 valence electrons. The Labute approximate surface area is 151 Å². The summed E-state index contributed by atoms with van der Waals surface area (Å²) in [6.07, 6.45) is 2.61. The topological polar surface area (TPSA) is 41.9 Å². The normalized spacial score (nSPS) is 33.7. The van der Waals surface area contributed by atoms with Crippen LogP contribution in [0.15, 0.2) is 21.3 Å². The van der Waals surface area contributed by atoms with Crippen molar-refractivity contribution in [2.24, 2.45) is 0 Å². The number of hydrogen-bond donors (Lipinski definition) is 1. The highest BCUT2D eigenvalue weighted by Crippen LogP contribution is 2.40. The summed E-state index contributed by atoms with van der Waals surface area (Å²) in [5.41, 5.74) is 0. The minimum atomic E-state index is -0.722. The number of aliphatic hydroxyl groups is 1. The van der Waals surface area contributed by atoms with Crippen LogP contribution in [0.25, 0.3) is 0 Å². The fourth-order valence-corrected chi connectivity index (χ4v) is 3.78. The monoisotopic (exact) mass is 441 g/mol. The molecule has 0 aromatic rings. The molecular weight excluding hydrogens is 417 g/mol. The minimum Gasteiger partial charge on any atom is -0.388 e. The molecular formula is C16H25ClINO3. The molecule has 6 heteroatoms. The van der Waals surface area contributed by atoms with E-state index in [4.69, 9.17) is 21.1 Å². The molecule has 22 heavy (non-hydrogen) atoms. The van der Waals surface area contributed by atoms with E-state index in [9.17, 15) is 5.11 Å². The predicted octanol–water partition coefficient (Wildman–Crippen LogP) is 3.42. The first-order valence-electron chi connectivity index (χ1n) is 7.73. The first-order valence-corrected chi connectivity index (χ1v) is 9.19. The van der Waals surface area contributed by atoms with Gasteiger partial charge in [0.15, 0.2) is 5.79 Å². The third kappa shape index (κ3) is 4.24. The third-order valence-corrected chi connectivity index (χ3v) is 4.69. The van der Waals surface area contributed by atoms with E-state index in [1.165, 1.54) is 0 Å². The number of rotatable bonds is 6. The molecule has 0 bridgehead atoms. The number of unbranched alkanes of at least 4 members (excludes halogenated alkanes) is 1. The molecule has 1 saturated heterocycles. The van der Waals surface area contributed by atoms with Gasteiger partial charge in [0.2, 0.25) is 0 Å². The fourth-order valence-electron chi connectivity index (χ4n) is 3.04. The zero-order valence-corrected chi connectivity index (χ0v) is 16.3. The van der Waals surface area contributed by atoms with E-state index in [1.54, 1.807) is 0 Å². The van der Waals surface area contributed by atoms with Crippen molar-refractivity contribution >= 4 is 34.2 Å². The first kappa shape index (κ1) is 18.7. The highest BCUT2D eigenvalue weighted by molar-refractivity contribution is 14.1. The van der Waals surface area contributed by atoms with Gasteiger partial charge in [0.1, 0.15) is 18.3 Å². The Hall–Kier alpha value is 0.340. The van der Waals surface area contributed by atoms with Crippen molar-refractivity contribution in [3.05, 3.63) is 21.3 Å². The molecule has 1 aliphatic heterocycles. The fraction of sp³-hybridized carbons (Fsp3) is 0.750. The lowest BCUT2D eigenvalue weighted by atomic mass is 9.92. The Morgan fingerprint density at radius 1 is 1.50 bits per heavy atom. The molecule has 1 heterocycles. The number of nitrogens with zero attached hydrogens (tertiary/aromatic N) is 1. The van der Waals surface area contributed by atoms with Gasteiger partial charge in [0.25, 0.3) is 0 Å². The van der Waals surface area contributed by atoms with Gasteiger partial charge >= 0.3 is 0 Å². The summed E-state index contributed by atoms with van der Waals surface area (Å²) in [5, 5.41) is 11.4. The van der Waals surface area contributed by atoms with Gasteiger partial charge in [-0.25, -0.2) is 0 Å². The summed E-state index contributed by atoms with van der Waals surface area (Å²) in [4.78, 5) is 2.22. The average molecular weight is 442 g/mol. The Kier molecular flexibility index (Phi) is 6.36. The largest absolute Gasteiger partial charge is 0.388 e. The highest BCUT2D eigenvalue weighted by Gasteiger charge is 2.51. The van der Waals surface area contributed by atoms with Gasteiger partial charge in [0, 0.05) is 11.6 Å². The number of fused-ring (bicyclic) bond motifs is 1. The number of ether oxygens (including phenoxy) is 2. The van der Waals surface area contributed by atoms with E-state index < -0.39 is 18.0 Å². The molecule has 0 saturated carbocycles. The van der Waals surface area contributed by atoms with Crippen molar-refractivity contribution < 1.29 is 14.6 Å². The number of halogens is 2. The van der Waals surface area contributed by atoms with Crippen molar-refractivity contribution in [2.45, 2.75) is 63.8 Å². The molecule has 1 fully saturated rings. The van der Waals surface area contributed by atoms with Crippen LogP contribution in [-0.2, 0) is 9.47 Å². The predicted molar refractivity (Wildman–Crippen MR) is 97.2 cm³/mol. The summed E-state index contributed by atoms with van der Waals surface area (Å²) in [5.74, 6) is -0.722. The van der Waals surface area contributed by atoms with Crippen LogP contribution in [0.2, 0.25) is 0 Å². The Morgan fingerprint density at radius 3 is 2.77 bits per heavy atom. The zero-order valence-electron chi connectivity index (χ0n) is 13.4. The molecule has 4 nitrogen and oxygen atoms in total. The molecule has 2 aliphatic rings. The number of aliphatic hydroxyl groups excluding tert-OH is 1. The van der Waals surface area contributed by atoms with Gasteiger partial charge < -0.3 is 14.6 Å². The molecule has 4 atom stereocenters. The molecule has 0 radical (unpaired) electrons. The van der Waals surface area contributed by atoms with Crippen molar-refractivity contribution in [1.82, 2.24) is 4.90 Å². The van der Waals surface area contributed by atoms with Crippen LogP contribution in [0, 0.1) is 0 Å². The molecule has 0 amide bonds. The summed E-state index contributed by atoms with van der Waals surface area (Å²) in [7, 11) is 0. The van der Waals surface area contributed by atoms with E-state index in [1.807, 2.05) is 19.9 Å². The van der Waals surface area contributed by atoms with Gasteiger partial charge in [-0.2, -0.15) is 0 Å². The van der Waals surface area contributed by atoms with Crippen LogP contribution < -0.4 is 0 Å². The lowest BCUT2D eigenvalue weighted by Crippen LogP contribution is -2.54. The second-order valence-corrected chi connectivity index (χ2v) is 8.36. The van der Waals surface area contributed by atoms with Crippen LogP contribution in [0.1, 0.15) is 33.6 Å². The van der Waals surface area contributed by atoms with Gasteiger partial charge in [0.05, 0.1) is 6.04 Å². The average Bonchev–Trinajstić information content (AvgIpc) is 2.75. The second kappa shape index (κ2) is 7.49. The van der Waals surface area contributed by atoms with Crippen LogP contribution in [0.3, 0.4) is 0 Å². The molecule has 0 aromatic carbocycles. The van der Waals surface area contributed by atoms with E-state index in [0.717, 1.165) is 29.5 Å². The molecule has 0 unspecified atom stereocenters. The maximum Gasteiger partial charge on any atom is 0.164 e. The van der Waals surface area contributed by atoms with E-state index in [2.05, 4.69) is 41.0 Å². The van der Waals surface area contributed by atoms with Crippen LogP contribution in [0.5, 0.6) is 0 Å². The Balaban J connectivity index is 2.20. The molecule has 1 N–H and O–H groups in total.